The number of benzene rings is 2. The molecule has 0 radical (unpaired) electrons. The fraction of sp³-hybridized carbons (Fsp3) is 0.500. The summed E-state index contributed by atoms with van der Waals surface area (Å²) in [6.07, 6.45) is 4.13. The minimum Gasteiger partial charge on any atom is -0.465 e. The Morgan fingerprint density at radius 3 is 2.26 bits per heavy atom. The van der Waals surface area contributed by atoms with Crippen LogP contribution >= 0.6 is 0 Å². The second-order valence-corrected chi connectivity index (χ2v) is 8.89. The summed E-state index contributed by atoms with van der Waals surface area (Å²) in [5.41, 5.74) is 2.51. The molecule has 2 aromatic carbocycles. The van der Waals surface area contributed by atoms with Crippen LogP contribution in [-0.2, 0) is 16.1 Å². The molecular formula is C26H33NO4. The third-order valence-corrected chi connectivity index (χ3v) is 6.81. The van der Waals surface area contributed by atoms with E-state index in [0.717, 1.165) is 31.2 Å². The van der Waals surface area contributed by atoms with Crippen molar-refractivity contribution in [2.45, 2.75) is 75.8 Å². The number of carbonyl (C=O) groups is 1. The van der Waals surface area contributed by atoms with Gasteiger partial charge in [-0.15, -0.1) is 0 Å². The highest BCUT2D eigenvalue weighted by molar-refractivity contribution is 5.66. The topological polar surface area (TPSA) is 59.0 Å². The lowest BCUT2D eigenvalue weighted by molar-refractivity contribution is -0.0454. The molecule has 2 aromatic rings. The number of hydrogen-bond donors (Lipinski definition) is 1. The molecule has 4 rings (SSSR count). The number of amides is 1. The highest BCUT2D eigenvalue weighted by Gasteiger charge is 2.43. The first-order valence-corrected chi connectivity index (χ1v) is 11.4. The molecule has 5 nitrogen and oxygen atoms in total. The summed E-state index contributed by atoms with van der Waals surface area (Å²) in [5.74, 6) is 0.602. The van der Waals surface area contributed by atoms with Gasteiger partial charge in [0.2, 0.25) is 0 Å². The van der Waals surface area contributed by atoms with Crippen molar-refractivity contribution in [2.75, 3.05) is 6.61 Å². The van der Waals surface area contributed by atoms with Crippen LogP contribution in [0.5, 0.6) is 0 Å². The lowest BCUT2D eigenvalue weighted by Crippen LogP contribution is -2.45. The molecule has 1 unspecified atom stereocenters. The maximum absolute atomic E-state index is 11.9. The normalized spacial score (nSPS) is 28.5. The molecule has 1 aliphatic heterocycles. The quantitative estimate of drug-likeness (QED) is 0.643. The number of hydrogen-bond acceptors (Lipinski definition) is 3. The number of nitrogens with zero attached hydrogens (tertiary/aromatic N) is 1. The Kier molecular flexibility index (Phi) is 7.25. The van der Waals surface area contributed by atoms with Crippen molar-refractivity contribution in [3.05, 3.63) is 71.8 Å². The highest BCUT2D eigenvalue weighted by atomic mass is 16.5. The number of carboxylic acid groups (broad SMARTS) is 1. The zero-order valence-corrected chi connectivity index (χ0v) is 18.2. The van der Waals surface area contributed by atoms with Gasteiger partial charge in [0.1, 0.15) is 0 Å². The predicted octanol–water partition coefficient (Wildman–Crippen LogP) is 5.46. The standard InChI is InChI=1S/C26H33NO4/c1-19-16-25(31-17-20-8-4-2-5-9-20)24(27(19)26(28)29)18-30-23-14-12-22(13-15-23)21-10-6-3-7-11-21/h2-11,19,22-25H,12-18H2,1H3,(H,28,29)/t19-,22?,23?,24+,25?/m1/s1. The van der Waals surface area contributed by atoms with Crippen LogP contribution in [0.15, 0.2) is 60.7 Å². The fourth-order valence-electron chi connectivity index (χ4n) is 5.11. The predicted molar refractivity (Wildman–Crippen MR) is 120 cm³/mol. The zero-order valence-electron chi connectivity index (χ0n) is 18.2. The van der Waals surface area contributed by atoms with Crippen molar-refractivity contribution in [3.63, 3.8) is 0 Å². The number of rotatable bonds is 7. The van der Waals surface area contributed by atoms with E-state index >= 15 is 0 Å². The Balaban J connectivity index is 1.32. The lowest BCUT2D eigenvalue weighted by Gasteiger charge is -2.32. The van der Waals surface area contributed by atoms with Crippen LogP contribution in [0.3, 0.4) is 0 Å². The van der Waals surface area contributed by atoms with Gasteiger partial charge in [0.05, 0.1) is 31.5 Å². The van der Waals surface area contributed by atoms with Crippen LogP contribution in [0.4, 0.5) is 4.79 Å². The van der Waals surface area contributed by atoms with Crippen molar-refractivity contribution >= 4 is 6.09 Å². The van der Waals surface area contributed by atoms with E-state index in [0.29, 0.717) is 25.6 Å². The average molecular weight is 424 g/mol. The van der Waals surface area contributed by atoms with Gasteiger partial charge in [-0.25, -0.2) is 4.79 Å². The molecule has 1 aliphatic carbocycles. The summed E-state index contributed by atoms with van der Waals surface area (Å²) >= 11 is 0. The SMILES string of the molecule is C[C@@H]1CC(OCc2ccccc2)[C@H](COC2CCC(c3ccccc3)CC2)N1C(=O)O. The molecule has 1 N–H and O–H groups in total. The van der Waals surface area contributed by atoms with Gasteiger partial charge in [-0.2, -0.15) is 0 Å². The monoisotopic (exact) mass is 423 g/mol. The van der Waals surface area contributed by atoms with Gasteiger partial charge in [0.15, 0.2) is 0 Å². The van der Waals surface area contributed by atoms with Gasteiger partial charge in [0.25, 0.3) is 0 Å². The molecule has 2 fully saturated rings. The van der Waals surface area contributed by atoms with E-state index < -0.39 is 6.09 Å². The van der Waals surface area contributed by atoms with Crippen LogP contribution in [0.1, 0.15) is 56.1 Å². The van der Waals surface area contributed by atoms with Crippen molar-refractivity contribution in [1.29, 1.82) is 0 Å². The van der Waals surface area contributed by atoms with Crippen LogP contribution < -0.4 is 0 Å². The van der Waals surface area contributed by atoms with E-state index in [1.165, 1.54) is 10.5 Å². The molecule has 2 aliphatic rings. The Labute approximate surface area is 185 Å². The molecule has 5 heteroatoms. The van der Waals surface area contributed by atoms with Gasteiger partial charge in [-0.05, 0) is 56.1 Å². The Morgan fingerprint density at radius 2 is 1.61 bits per heavy atom. The average Bonchev–Trinajstić information content (AvgIpc) is 3.13. The first-order chi connectivity index (χ1) is 15.1. The smallest absolute Gasteiger partial charge is 0.407 e. The summed E-state index contributed by atoms with van der Waals surface area (Å²) < 4.78 is 12.5. The summed E-state index contributed by atoms with van der Waals surface area (Å²) in [6, 6.07) is 20.4. The van der Waals surface area contributed by atoms with E-state index in [1.54, 1.807) is 0 Å². The van der Waals surface area contributed by atoms with E-state index in [9.17, 15) is 9.90 Å². The van der Waals surface area contributed by atoms with Crippen molar-refractivity contribution in [1.82, 2.24) is 4.90 Å². The zero-order chi connectivity index (χ0) is 21.6. The van der Waals surface area contributed by atoms with Crippen LogP contribution in [-0.4, -0.2) is 47.0 Å². The largest absolute Gasteiger partial charge is 0.465 e. The van der Waals surface area contributed by atoms with Crippen molar-refractivity contribution in [2.24, 2.45) is 0 Å². The molecule has 1 heterocycles. The van der Waals surface area contributed by atoms with Gasteiger partial charge >= 0.3 is 6.09 Å². The summed E-state index contributed by atoms with van der Waals surface area (Å²) in [7, 11) is 0. The Hall–Kier alpha value is -2.37. The maximum atomic E-state index is 11.9. The van der Waals surface area contributed by atoms with Crippen LogP contribution in [0.25, 0.3) is 0 Å². The first kappa shape index (κ1) is 21.8. The summed E-state index contributed by atoms with van der Waals surface area (Å²) in [4.78, 5) is 13.4. The molecule has 3 atom stereocenters. The highest BCUT2D eigenvalue weighted by Crippen LogP contribution is 2.35. The molecule has 31 heavy (non-hydrogen) atoms. The number of ether oxygens (including phenoxy) is 2. The lowest BCUT2D eigenvalue weighted by atomic mass is 9.83. The molecule has 0 spiro atoms. The Bertz CT molecular complexity index is 820. The van der Waals surface area contributed by atoms with Gasteiger partial charge < -0.3 is 14.6 Å². The van der Waals surface area contributed by atoms with Gasteiger partial charge in [0, 0.05) is 6.04 Å². The molecular weight excluding hydrogens is 390 g/mol. The van der Waals surface area contributed by atoms with Crippen molar-refractivity contribution < 1.29 is 19.4 Å². The van der Waals surface area contributed by atoms with E-state index in [2.05, 4.69) is 30.3 Å². The van der Waals surface area contributed by atoms with Gasteiger partial charge in [-0.3, -0.25) is 4.90 Å². The second-order valence-electron chi connectivity index (χ2n) is 8.89. The maximum Gasteiger partial charge on any atom is 0.407 e. The third kappa shape index (κ3) is 5.46. The van der Waals surface area contributed by atoms with E-state index in [4.69, 9.17) is 9.47 Å². The molecule has 1 saturated carbocycles. The van der Waals surface area contributed by atoms with E-state index in [1.807, 2.05) is 37.3 Å². The van der Waals surface area contributed by atoms with E-state index in [-0.39, 0.29) is 24.3 Å². The summed E-state index contributed by atoms with van der Waals surface area (Å²) in [5, 5.41) is 9.77. The van der Waals surface area contributed by atoms with Crippen LogP contribution in [0.2, 0.25) is 0 Å². The minimum absolute atomic E-state index is 0.0688. The molecule has 1 amide bonds. The second kappa shape index (κ2) is 10.3. The summed E-state index contributed by atoms with van der Waals surface area (Å²) in [6.45, 7) is 2.85. The molecule has 166 valence electrons. The fourth-order valence-corrected chi connectivity index (χ4v) is 5.11. The number of likely N-dealkylation sites (tertiary alicyclic amines) is 1. The third-order valence-electron chi connectivity index (χ3n) is 6.81. The first-order valence-electron chi connectivity index (χ1n) is 11.4. The Morgan fingerprint density at radius 1 is 0.968 bits per heavy atom. The molecule has 0 bridgehead atoms. The molecule has 0 aromatic heterocycles. The van der Waals surface area contributed by atoms with Crippen LogP contribution in [0, 0.1) is 0 Å². The molecule has 1 saturated heterocycles. The minimum atomic E-state index is -0.889. The van der Waals surface area contributed by atoms with Gasteiger partial charge in [-0.1, -0.05) is 60.7 Å². The van der Waals surface area contributed by atoms with Crippen molar-refractivity contribution in [3.8, 4) is 0 Å².